The lowest BCUT2D eigenvalue weighted by atomic mass is 10.0. The van der Waals surface area contributed by atoms with Crippen LogP contribution in [0.4, 0.5) is 0 Å². The van der Waals surface area contributed by atoms with Crippen LogP contribution in [0.3, 0.4) is 0 Å². The van der Waals surface area contributed by atoms with Crippen LogP contribution in [0, 0.1) is 18.3 Å². The summed E-state index contributed by atoms with van der Waals surface area (Å²) >= 11 is 0. The van der Waals surface area contributed by atoms with Gasteiger partial charge in [-0.15, -0.1) is 0 Å². The first-order valence-corrected chi connectivity index (χ1v) is 7.71. The SMILES string of the molecule is Cc1ccnc(C#N)c1S(=O)(=O)C1CCCCC1. The second kappa shape index (κ2) is 5.07. The van der Waals surface area contributed by atoms with Gasteiger partial charge in [0.1, 0.15) is 11.0 Å². The van der Waals surface area contributed by atoms with E-state index in [4.69, 9.17) is 5.26 Å². The molecule has 1 aromatic rings. The molecule has 1 aliphatic carbocycles. The van der Waals surface area contributed by atoms with Gasteiger partial charge in [-0.3, -0.25) is 0 Å². The van der Waals surface area contributed by atoms with Gasteiger partial charge in [-0.1, -0.05) is 19.3 Å². The number of sulfone groups is 1. The van der Waals surface area contributed by atoms with Gasteiger partial charge < -0.3 is 0 Å². The van der Waals surface area contributed by atoms with Gasteiger partial charge in [0.05, 0.1) is 5.25 Å². The van der Waals surface area contributed by atoms with Gasteiger partial charge in [-0.25, -0.2) is 13.4 Å². The second-order valence-corrected chi connectivity index (χ2v) is 6.89. The molecule has 2 rings (SSSR count). The van der Waals surface area contributed by atoms with Crippen molar-refractivity contribution in [2.45, 2.75) is 49.2 Å². The molecule has 0 radical (unpaired) electrons. The summed E-state index contributed by atoms with van der Waals surface area (Å²) in [6.45, 7) is 1.72. The molecule has 5 heteroatoms. The maximum atomic E-state index is 12.6. The maximum absolute atomic E-state index is 12.6. The molecule has 18 heavy (non-hydrogen) atoms. The molecule has 96 valence electrons. The largest absolute Gasteiger partial charge is 0.244 e. The highest BCUT2D eigenvalue weighted by Crippen LogP contribution is 2.31. The van der Waals surface area contributed by atoms with Crippen LogP contribution in [0.25, 0.3) is 0 Å². The van der Waals surface area contributed by atoms with E-state index in [0.717, 1.165) is 19.3 Å². The van der Waals surface area contributed by atoms with Crippen LogP contribution in [-0.2, 0) is 9.84 Å². The van der Waals surface area contributed by atoms with Crippen molar-refractivity contribution in [1.82, 2.24) is 4.98 Å². The Hall–Kier alpha value is -1.41. The van der Waals surface area contributed by atoms with Crippen molar-refractivity contribution >= 4 is 9.84 Å². The van der Waals surface area contributed by atoms with Crippen molar-refractivity contribution in [3.63, 3.8) is 0 Å². The van der Waals surface area contributed by atoms with Gasteiger partial charge >= 0.3 is 0 Å². The smallest absolute Gasteiger partial charge is 0.184 e. The van der Waals surface area contributed by atoms with Gasteiger partial charge in [0.2, 0.25) is 0 Å². The summed E-state index contributed by atoms with van der Waals surface area (Å²) in [7, 11) is -3.42. The van der Waals surface area contributed by atoms with Gasteiger partial charge in [0.25, 0.3) is 0 Å². The van der Waals surface area contributed by atoms with Crippen LogP contribution in [0.15, 0.2) is 17.2 Å². The predicted octanol–water partition coefficient (Wildman–Crippen LogP) is 2.37. The molecule has 1 heterocycles. The molecule has 1 saturated carbocycles. The van der Waals surface area contributed by atoms with E-state index in [1.807, 2.05) is 6.07 Å². The summed E-state index contributed by atoms with van der Waals surface area (Å²) in [5.74, 6) is 0. The van der Waals surface area contributed by atoms with Crippen LogP contribution in [0.1, 0.15) is 43.4 Å². The van der Waals surface area contributed by atoms with Crippen LogP contribution >= 0.6 is 0 Å². The zero-order chi connectivity index (χ0) is 13.2. The molecule has 0 atom stereocenters. The van der Waals surface area contributed by atoms with Crippen LogP contribution in [0.5, 0.6) is 0 Å². The number of pyridine rings is 1. The van der Waals surface area contributed by atoms with E-state index in [0.29, 0.717) is 18.4 Å². The van der Waals surface area contributed by atoms with E-state index in [-0.39, 0.29) is 15.8 Å². The van der Waals surface area contributed by atoms with E-state index in [9.17, 15) is 8.42 Å². The van der Waals surface area contributed by atoms with E-state index in [1.165, 1.54) is 6.20 Å². The number of hydrogen-bond donors (Lipinski definition) is 0. The fourth-order valence-corrected chi connectivity index (χ4v) is 4.70. The second-order valence-electron chi connectivity index (χ2n) is 4.72. The third-order valence-corrected chi connectivity index (χ3v) is 5.92. The number of rotatable bonds is 2. The Labute approximate surface area is 108 Å². The topological polar surface area (TPSA) is 70.8 Å². The van der Waals surface area contributed by atoms with Gasteiger partial charge in [0.15, 0.2) is 15.5 Å². The standard InChI is InChI=1S/C13H16N2O2S/c1-10-7-8-15-12(9-14)13(10)18(16,17)11-5-3-2-4-6-11/h7-8,11H,2-6H2,1H3. The zero-order valence-corrected chi connectivity index (χ0v) is 11.2. The van der Waals surface area contributed by atoms with E-state index >= 15 is 0 Å². The normalized spacial score (nSPS) is 17.3. The van der Waals surface area contributed by atoms with E-state index < -0.39 is 9.84 Å². The van der Waals surface area contributed by atoms with Gasteiger partial charge in [-0.05, 0) is 31.4 Å². The molecule has 0 unspecified atom stereocenters. The molecule has 1 fully saturated rings. The highest BCUT2D eigenvalue weighted by Gasteiger charge is 2.32. The third kappa shape index (κ3) is 2.25. The van der Waals surface area contributed by atoms with Gasteiger partial charge in [0, 0.05) is 6.20 Å². The van der Waals surface area contributed by atoms with Crippen molar-refractivity contribution in [2.75, 3.05) is 0 Å². The minimum Gasteiger partial charge on any atom is -0.244 e. The lowest BCUT2D eigenvalue weighted by Gasteiger charge is -2.22. The molecule has 0 aliphatic heterocycles. The first kappa shape index (κ1) is 13.0. The molecule has 1 aliphatic rings. The molecule has 0 N–H and O–H groups in total. The summed E-state index contributed by atoms with van der Waals surface area (Å²) in [5.41, 5.74) is 0.646. The molecule has 0 saturated heterocycles. The number of nitriles is 1. The Morgan fingerprint density at radius 1 is 1.33 bits per heavy atom. The van der Waals surface area contributed by atoms with E-state index in [2.05, 4.69) is 4.98 Å². The average Bonchev–Trinajstić information content (AvgIpc) is 2.39. The fraction of sp³-hybridized carbons (Fsp3) is 0.538. The van der Waals surface area contributed by atoms with Crippen molar-refractivity contribution < 1.29 is 8.42 Å². The number of hydrogen-bond acceptors (Lipinski definition) is 4. The molecule has 0 bridgehead atoms. The summed E-state index contributed by atoms with van der Waals surface area (Å²) < 4.78 is 25.2. The highest BCUT2D eigenvalue weighted by molar-refractivity contribution is 7.92. The molecule has 0 amide bonds. The molecule has 0 spiro atoms. The maximum Gasteiger partial charge on any atom is 0.184 e. The Bertz CT molecular complexity index is 581. The molecule has 1 aromatic heterocycles. The minimum atomic E-state index is -3.42. The highest BCUT2D eigenvalue weighted by atomic mass is 32.2. The third-order valence-electron chi connectivity index (χ3n) is 3.48. The van der Waals surface area contributed by atoms with Crippen molar-refractivity contribution in [1.29, 1.82) is 5.26 Å². The summed E-state index contributed by atoms with van der Waals surface area (Å²) in [6.07, 6.45) is 5.87. The number of aromatic nitrogens is 1. The van der Waals surface area contributed by atoms with Crippen molar-refractivity contribution in [3.8, 4) is 6.07 Å². The first-order chi connectivity index (χ1) is 8.57. The quantitative estimate of drug-likeness (QED) is 0.822. The monoisotopic (exact) mass is 264 g/mol. The molecular weight excluding hydrogens is 248 g/mol. The number of aryl methyl sites for hydroxylation is 1. The molecule has 0 aromatic carbocycles. The molecule has 4 nitrogen and oxygen atoms in total. The lowest BCUT2D eigenvalue weighted by Crippen LogP contribution is -2.25. The van der Waals surface area contributed by atoms with Crippen LogP contribution in [0.2, 0.25) is 0 Å². The Morgan fingerprint density at radius 3 is 2.61 bits per heavy atom. The average molecular weight is 264 g/mol. The Balaban J connectivity index is 2.50. The van der Waals surface area contributed by atoms with Gasteiger partial charge in [-0.2, -0.15) is 5.26 Å². The summed E-state index contributed by atoms with van der Waals surface area (Å²) in [4.78, 5) is 4.02. The van der Waals surface area contributed by atoms with Crippen molar-refractivity contribution in [3.05, 3.63) is 23.5 Å². The molecular formula is C13H16N2O2S. The number of nitrogens with zero attached hydrogens (tertiary/aromatic N) is 2. The fourth-order valence-electron chi connectivity index (χ4n) is 2.53. The summed E-state index contributed by atoms with van der Waals surface area (Å²) in [5, 5.41) is 8.68. The lowest BCUT2D eigenvalue weighted by molar-refractivity contribution is 0.483. The Morgan fingerprint density at radius 2 is 2.00 bits per heavy atom. The van der Waals surface area contributed by atoms with Crippen LogP contribution in [-0.4, -0.2) is 18.7 Å². The predicted molar refractivity (Wildman–Crippen MR) is 67.7 cm³/mol. The minimum absolute atomic E-state index is 0.0283. The van der Waals surface area contributed by atoms with Crippen LogP contribution < -0.4 is 0 Å². The van der Waals surface area contributed by atoms with Crippen molar-refractivity contribution in [2.24, 2.45) is 0 Å². The first-order valence-electron chi connectivity index (χ1n) is 6.17. The Kier molecular flexibility index (Phi) is 3.67. The van der Waals surface area contributed by atoms with E-state index in [1.54, 1.807) is 13.0 Å². The zero-order valence-electron chi connectivity index (χ0n) is 10.4. The summed E-state index contributed by atoms with van der Waals surface area (Å²) in [6, 6.07) is 3.54.